The second-order valence-corrected chi connectivity index (χ2v) is 11.4. The third-order valence-corrected chi connectivity index (χ3v) is 8.97. The molecule has 2 aromatic heterocycles. The number of rotatable bonds is 5. The van der Waals surface area contributed by atoms with Gasteiger partial charge in [-0.2, -0.15) is 0 Å². The molecule has 0 unspecified atom stereocenters. The van der Waals surface area contributed by atoms with E-state index < -0.39 is 6.04 Å². The molecule has 0 bridgehead atoms. The second-order valence-electron chi connectivity index (χ2n) is 9.86. The number of carbonyl (C=O) groups excluding carboxylic acids is 2. The first kappa shape index (κ1) is 24.3. The van der Waals surface area contributed by atoms with Crippen molar-refractivity contribution in [2.75, 3.05) is 38.2 Å². The van der Waals surface area contributed by atoms with E-state index in [0.29, 0.717) is 15.8 Å². The average Bonchev–Trinajstić information content (AvgIpc) is 3.54. The fraction of sp³-hybridized carbons (Fsp3) is 0.500. The van der Waals surface area contributed by atoms with E-state index in [1.807, 2.05) is 36.1 Å². The monoisotopic (exact) mass is 513 g/mol. The lowest BCUT2D eigenvalue weighted by molar-refractivity contribution is -0.134. The largest absolute Gasteiger partial charge is 0.341 e. The molecule has 5 rings (SSSR count). The Hall–Kier alpha value is -2.42. The lowest BCUT2D eigenvalue weighted by Crippen LogP contribution is -2.55. The molecule has 7 nitrogen and oxygen atoms in total. The molecule has 0 radical (unpaired) electrons. The van der Waals surface area contributed by atoms with Crippen LogP contribution >= 0.6 is 22.9 Å². The summed E-state index contributed by atoms with van der Waals surface area (Å²) in [5.41, 5.74) is 0. The van der Waals surface area contributed by atoms with Gasteiger partial charge in [0.05, 0.1) is 4.88 Å². The number of fused-ring (bicyclic) bond motifs is 1. The van der Waals surface area contributed by atoms with Gasteiger partial charge in [-0.05, 0) is 88.2 Å². The Morgan fingerprint density at radius 3 is 2.43 bits per heavy atom. The molecular formula is C26H32ClN5O2S. The zero-order valence-electron chi connectivity index (χ0n) is 20.3. The summed E-state index contributed by atoms with van der Waals surface area (Å²) in [4.78, 5) is 36.3. The summed E-state index contributed by atoms with van der Waals surface area (Å²) in [5, 5.41) is 3.12. The summed E-state index contributed by atoms with van der Waals surface area (Å²) >= 11 is 7.53. The van der Waals surface area contributed by atoms with Gasteiger partial charge < -0.3 is 9.80 Å². The van der Waals surface area contributed by atoms with Gasteiger partial charge in [0.1, 0.15) is 12.4 Å². The van der Waals surface area contributed by atoms with Gasteiger partial charge in [0.2, 0.25) is 5.91 Å². The number of imidazole rings is 1. The van der Waals surface area contributed by atoms with E-state index >= 15 is 0 Å². The van der Waals surface area contributed by atoms with E-state index in [0.717, 1.165) is 41.9 Å². The third kappa shape index (κ3) is 5.10. The molecule has 186 valence electrons. The Morgan fingerprint density at radius 2 is 1.77 bits per heavy atom. The normalized spacial score (nSPS) is 19.2. The molecule has 3 aromatic rings. The maximum atomic E-state index is 13.7. The maximum Gasteiger partial charge on any atom is 0.283 e. The molecule has 0 N–H and O–H groups in total. The van der Waals surface area contributed by atoms with Crippen molar-refractivity contribution in [3.05, 3.63) is 52.9 Å². The van der Waals surface area contributed by atoms with Crippen molar-refractivity contribution in [2.24, 2.45) is 11.8 Å². The molecule has 0 spiro atoms. The van der Waals surface area contributed by atoms with Crippen LogP contribution in [0.5, 0.6) is 0 Å². The Balaban J connectivity index is 1.30. The van der Waals surface area contributed by atoms with E-state index in [1.54, 1.807) is 23.4 Å². The van der Waals surface area contributed by atoms with Crippen molar-refractivity contribution in [3.63, 3.8) is 0 Å². The van der Waals surface area contributed by atoms with E-state index in [9.17, 15) is 9.59 Å². The first-order chi connectivity index (χ1) is 16.9. The first-order valence-electron chi connectivity index (χ1n) is 12.4. The van der Waals surface area contributed by atoms with Crippen LogP contribution in [-0.4, -0.2) is 70.5 Å². The lowest BCUT2D eigenvalue weighted by Gasteiger charge is -2.40. The van der Waals surface area contributed by atoms with Crippen LogP contribution in [0.15, 0.2) is 43.0 Å². The van der Waals surface area contributed by atoms with Crippen molar-refractivity contribution < 1.29 is 9.59 Å². The molecule has 2 amide bonds. The van der Waals surface area contributed by atoms with Crippen LogP contribution in [-0.2, 0) is 4.79 Å². The molecule has 2 aliphatic heterocycles. The van der Waals surface area contributed by atoms with Gasteiger partial charge in [-0.3, -0.25) is 9.59 Å². The number of thiophene rings is 1. The predicted octanol–water partition coefficient (Wildman–Crippen LogP) is 4.50. The van der Waals surface area contributed by atoms with Gasteiger partial charge in [0, 0.05) is 35.2 Å². The minimum Gasteiger partial charge on any atom is -0.341 e. The number of hydrogen-bond acceptors (Lipinski definition) is 5. The highest BCUT2D eigenvalue weighted by Gasteiger charge is 2.35. The zero-order valence-corrected chi connectivity index (χ0v) is 21.8. The van der Waals surface area contributed by atoms with E-state index in [-0.39, 0.29) is 11.8 Å². The third-order valence-electron chi connectivity index (χ3n) is 7.65. The van der Waals surface area contributed by atoms with Gasteiger partial charge in [0.25, 0.3) is 5.91 Å². The van der Waals surface area contributed by atoms with E-state index in [4.69, 9.17) is 11.6 Å². The summed E-state index contributed by atoms with van der Waals surface area (Å²) in [6.07, 6.45) is 9.50. The topological polar surface area (TPSA) is 61.7 Å². The molecule has 4 heterocycles. The number of likely N-dealkylation sites (tertiary alicyclic amines) is 2. The molecule has 35 heavy (non-hydrogen) atoms. The fourth-order valence-electron chi connectivity index (χ4n) is 5.54. The number of halogens is 1. The summed E-state index contributed by atoms with van der Waals surface area (Å²) in [7, 11) is 2.19. The Morgan fingerprint density at radius 1 is 1.09 bits per heavy atom. The zero-order chi connectivity index (χ0) is 24.5. The predicted molar refractivity (Wildman–Crippen MR) is 141 cm³/mol. The van der Waals surface area contributed by atoms with Crippen LogP contribution in [0.1, 0.15) is 42.3 Å². The number of carbonyl (C=O) groups is 2. The number of nitrogens with zero attached hydrogens (tertiary/aromatic N) is 5. The molecule has 1 aromatic carbocycles. The lowest BCUT2D eigenvalue weighted by atomic mass is 9.79. The summed E-state index contributed by atoms with van der Waals surface area (Å²) < 4.78 is 2.56. The van der Waals surface area contributed by atoms with Crippen LogP contribution < -0.4 is 5.01 Å². The minimum absolute atomic E-state index is 0.0157. The van der Waals surface area contributed by atoms with Crippen molar-refractivity contribution in [3.8, 4) is 0 Å². The highest BCUT2D eigenvalue weighted by molar-refractivity contribution is 7.21. The number of hydrogen-bond donors (Lipinski definition) is 0. The maximum absolute atomic E-state index is 13.7. The van der Waals surface area contributed by atoms with Crippen LogP contribution in [0.3, 0.4) is 0 Å². The van der Waals surface area contributed by atoms with Crippen LogP contribution in [0.2, 0.25) is 5.02 Å². The summed E-state index contributed by atoms with van der Waals surface area (Å²) in [6, 6.07) is 6.82. The quantitative estimate of drug-likeness (QED) is 0.504. The van der Waals surface area contributed by atoms with E-state index in [1.165, 1.54) is 42.3 Å². The molecule has 9 heteroatoms. The highest BCUT2D eigenvalue weighted by atomic mass is 35.5. The van der Waals surface area contributed by atoms with Crippen molar-refractivity contribution >= 4 is 44.8 Å². The fourth-order valence-corrected chi connectivity index (χ4v) is 6.81. The van der Waals surface area contributed by atoms with Crippen molar-refractivity contribution in [2.45, 2.75) is 38.6 Å². The molecule has 2 fully saturated rings. The first-order valence-corrected chi connectivity index (χ1v) is 13.6. The number of amides is 2. The number of benzene rings is 1. The van der Waals surface area contributed by atoms with Crippen LogP contribution in [0.25, 0.3) is 10.1 Å². The van der Waals surface area contributed by atoms with E-state index in [2.05, 4.69) is 16.9 Å². The number of piperidine rings is 2. The van der Waals surface area contributed by atoms with Gasteiger partial charge in [0.15, 0.2) is 0 Å². The van der Waals surface area contributed by atoms with Gasteiger partial charge in [-0.15, -0.1) is 11.3 Å². The van der Waals surface area contributed by atoms with Gasteiger partial charge in [-0.1, -0.05) is 17.7 Å². The Bertz CT molecular complexity index is 1180. The molecule has 2 aliphatic rings. The molecular weight excluding hydrogens is 482 g/mol. The highest BCUT2D eigenvalue weighted by Crippen LogP contribution is 2.33. The van der Waals surface area contributed by atoms with Gasteiger partial charge in [-0.25, -0.2) is 14.7 Å². The summed E-state index contributed by atoms with van der Waals surface area (Å²) in [6.45, 7) is 5.67. The van der Waals surface area contributed by atoms with Gasteiger partial charge >= 0.3 is 0 Å². The SMILES string of the molecule is C[C@H](C(=O)N1CCC(C2CCN(C)CC2)CC1)N(C(=O)c1cc2ccc(Cl)cc2s1)n1ccnc1. The molecule has 0 aliphatic carbocycles. The summed E-state index contributed by atoms with van der Waals surface area (Å²) in [5.74, 6) is 1.23. The second kappa shape index (κ2) is 10.3. The minimum atomic E-state index is -0.648. The number of aromatic nitrogens is 2. The Labute approximate surface area is 215 Å². The van der Waals surface area contributed by atoms with Crippen molar-refractivity contribution in [1.82, 2.24) is 19.5 Å². The average molecular weight is 514 g/mol. The molecule has 1 atom stereocenters. The standard InChI is InChI=1S/C26H32ClN5O2S/c1-18(25(33)30-12-7-20(8-13-30)19-5-10-29(2)11-6-19)32(31-14-9-28-17-31)26(34)24-15-21-3-4-22(27)16-23(21)35-24/h3-4,9,14-20H,5-8,10-13H2,1-2H3/t18-/m1/s1. The Kier molecular flexibility index (Phi) is 7.14. The van der Waals surface area contributed by atoms with Crippen molar-refractivity contribution in [1.29, 1.82) is 0 Å². The van der Waals surface area contributed by atoms with Crippen LogP contribution in [0.4, 0.5) is 0 Å². The smallest absolute Gasteiger partial charge is 0.283 e. The molecule has 0 saturated carbocycles. The molecule has 2 saturated heterocycles. The van der Waals surface area contributed by atoms with Crippen LogP contribution in [0, 0.1) is 11.8 Å².